The number of Topliss-reactive ketones (excluding diaryl/α,β-unsaturated/α-hetero) is 1. The van der Waals surface area contributed by atoms with Gasteiger partial charge in [0.25, 0.3) is 0 Å². The Bertz CT molecular complexity index is 528. The summed E-state index contributed by atoms with van der Waals surface area (Å²) in [7, 11) is 0. The molecule has 0 N–H and O–H groups in total. The Labute approximate surface area is 148 Å². The molecule has 1 unspecified atom stereocenters. The molecule has 5 atom stereocenters. The van der Waals surface area contributed by atoms with E-state index in [1.165, 1.54) is 12.0 Å². The molecule has 0 amide bonds. The molecule has 0 heterocycles. The third kappa shape index (κ3) is 3.26. The van der Waals surface area contributed by atoms with Crippen LogP contribution in [-0.2, 0) is 9.59 Å². The van der Waals surface area contributed by atoms with Gasteiger partial charge in [-0.2, -0.15) is 0 Å². The fourth-order valence-corrected chi connectivity index (χ4v) is 5.89. The van der Waals surface area contributed by atoms with Crippen molar-refractivity contribution in [3.63, 3.8) is 0 Å². The fourth-order valence-electron chi connectivity index (χ4n) is 5.89. The third-order valence-corrected chi connectivity index (χ3v) is 7.34. The first kappa shape index (κ1) is 19.4. The predicted octanol–water partition coefficient (Wildman–Crippen LogP) is 5.46. The quantitative estimate of drug-likeness (QED) is 0.670. The van der Waals surface area contributed by atoms with Crippen LogP contribution in [0.15, 0.2) is 11.6 Å². The lowest BCUT2D eigenvalue weighted by atomic mass is 9.46. The van der Waals surface area contributed by atoms with E-state index in [1.54, 1.807) is 6.92 Å². The highest BCUT2D eigenvalue weighted by molar-refractivity contribution is 5.94. The fraction of sp³-hybridized carbons (Fsp3) is 0.818. The van der Waals surface area contributed by atoms with Crippen molar-refractivity contribution in [1.82, 2.24) is 0 Å². The summed E-state index contributed by atoms with van der Waals surface area (Å²) >= 11 is 0. The zero-order valence-corrected chi connectivity index (χ0v) is 16.7. The van der Waals surface area contributed by atoms with Crippen LogP contribution in [0, 0.1) is 40.9 Å². The zero-order valence-electron chi connectivity index (χ0n) is 16.7. The Kier molecular flexibility index (Phi) is 5.77. The van der Waals surface area contributed by atoms with Crippen LogP contribution in [-0.4, -0.2) is 11.6 Å². The minimum Gasteiger partial charge on any atom is -0.300 e. The monoisotopic (exact) mass is 332 g/mol. The number of hydrogen-bond donors (Lipinski definition) is 0. The van der Waals surface area contributed by atoms with Crippen molar-refractivity contribution < 1.29 is 9.59 Å². The number of rotatable bonds is 5. The van der Waals surface area contributed by atoms with Crippen molar-refractivity contribution in [3.8, 4) is 0 Å². The molecular formula is C22H36O2. The van der Waals surface area contributed by atoms with E-state index in [0.717, 1.165) is 12.8 Å². The molecule has 0 saturated heterocycles. The third-order valence-electron chi connectivity index (χ3n) is 7.34. The molecule has 24 heavy (non-hydrogen) atoms. The molecule has 0 aromatic carbocycles. The molecule has 1 fully saturated rings. The summed E-state index contributed by atoms with van der Waals surface area (Å²) in [6, 6.07) is 0. The van der Waals surface area contributed by atoms with Crippen LogP contribution in [0.5, 0.6) is 0 Å². The van der Waals surface area contributed by atoms with Crippen LogP contribution in [0.2, 0.25) is 0 Å². The SMILES string of the molecule is CC(=O)CC[C@@H]1C(C)=CC(=O)[C@H]2[C@H]1CCC(C(C)C)[C@]2(C)C(C)C. The number of fused-ring (bicyclic) bond motifs is 1. The molecule has 0 radical (unpaired) electrons. The van der Waals surface area contributed by atoms with Gasteiger partial charge in [0.1, 0.15) is 5.78 Å². The van der Waals surface area contributed by atoms with E-state index < -0.39 is 0 Å². The summed E-state index contributed by atoms with van der Waals surface area (Å²) in [6.45, 7) is 15.4. The number of ketones is 2. The second-order valence-electron chi connectivity index (χ2n) is 9.23. The van der Waals surface area contributed by atoms with E-state index in [9.17, 15) is 9.59 Å². The summed E-state index contributed by atoms with van der Waals surface area (Å²) < 4.78 is 0. The van der Waals surface area contributed by atoms with Crippen LogP contribution < -0.4 is 0 Å². The van der Waals surface area contributed by atoms with Gasteiger partial charge in [-0.15, -0.1) is 0 Å². The van der Waals surface area contributed by atoms with Crippen LogP contribution in [0.1, 0.15) is 74.1 Å². The van der Waals surface area contributed by atoms with Gasteiger partial charge in [-0.25, -0.2) is 0 Å². The standard InChI is InChI=1S/C22H36O2/c1-13(2)19-11-10-18-17(9-8-16(6)23)15(5)12-20(24)21(18)22(19,7)14(3)4/h12-14,17-19,21H,8-11H2,1-7H3/t17-,18+,19?,21-,22+/m1/s1. The van der Waals surface area contributed by atoms with Gasteiger partial charge in [-0.05, 0) is 74.2 Å². The number of carbonyl (C=O) groups is 2. The highest BCUT2D eigenvalue weighted by Gasteiger charge is 2.55. The Morgan fingerprint density at radius 2 is 1.88 bits per heavy atom. The van der Waals surface area contributed by atoms with Crippen molar-refractivity contribution >= 4 is 11.6 Å². The van der Waals surface area contributed by atoms with Crippen LogP contribution in [0.4, 0.5) is 0 Å². The topological polar surface area (TPSA) is 34.1 Å². The van der Waals surface area contributed by atoms with Crippen molar-refractivity contribution in [2.75, 3.05) is 0 Å². The minimum atomic E-state index is 0.0554. The summed E-state index contributed by atoms with van der Waals surface area (Å²) in [6.07, 6.45) is 5.81. The molecule has 0 aliphatic heterocycles. The predicted molar refractivity (Wildman–Crippen MR) is 99.7 cm³/mol. The molecule has 136 valence electrons. The van der Waals surface area contributed by atoms with Gasteiger partial charge in [0, 0.05) is 12.3 Å². The molecule has 2 rings (SSSR count). The zero-order chi connectivity index (χ0) is 18.2. The summed E-state index contributed by atoms with van der Waals surface area (Å²) in [5, 5.41) is 0. The maximum absolute atomic E-state index is 13.1. The number of hydrogen-bond acceptors (Lipinski definition) is 2. The van der Waals surface area contributed by atoms with Gasteiger partial charge >= 0.3 is 0 Å². The van der Waals surface area contributed by atoms with Crippen molar-refractivity contribution in [2.24, 2.45) is 40.9 Å². The number of carbonyl (C=O) groups excluding carboxylic acids is 2. The Balaban J connectivity index is 2.43. The van der Waals surface area contributed by atoms with Gasteiger partial charge in [-0.3, -0.25) is 4.79 Å². The molecule has 2 nitrogen and oxygen atoms in total. The summed E-state index contributed by atoms with van der Waals surface area (Å²) in [5.74, 6) is 3.25. The summed E-state index contributed by atoms with van der Waals surface area (Å²) in [4.78, 5) is 24.6. The molecule has 0 aromatic rings. The van der Waals surface area contributed by atoms with Gasteiger partial charge < -0.3 is 4.79 Å². The summed E-state index contributed by atoms with van der Waals surface area (Å²) in [5.41, 5.74) is 1.26. The average molecular weight is 333 g/mol. The molecule has 0 spiro atoms. The molecule has 2 heteroatoms. The Morgan fingerprint density at radius 1 is 1.25 bits per heavy atom. The molecule has 0 aromatic heterocycles. The molecule has 0 bridgehead atoms. The molecule has 2 aliphatic rings. The second kappa shape index (κ2) is 7.14. The molecular weight excluding hydrogens is 296 g/mol. The van der Waals surface area contributed by atoms with E-state index >= 15 is 0 Å². The van der Waals surface area contributed by atoms with E-state index in [4.69, 9.17) is 0 Å². The maximum Gasteiger partial charge on any atom is 0.159 e. The van der Waals surface area contributed by atoms with Crippen LogP contribution >= 0.6 is 0 Å². The van der Waals surface area contributed by atoms with E-state index in [1.807, 2.05) is 6.08 Å². The van der Waals surface area contributed by atoms with Crippen LogP contribution in [0.3, 0.4) is 0 Å². The van der Waals surface area contributed by atoms with E-state index in [2.05, 4.69) is 41.5 Å². The highest BCUT2D eigenvalue weighted by Crippen LogP contribution is 2.59. The van der Waals surface area contributed by atoms with Crippen molar-refractivity contribution in [3.05, 3.63) is 11.6 Å². The van der Waals surface area contributed by atoms with Crippen molar-refractivity contribution in [1.29, 1.82) is 0 Å². The molecule has 1 saturated carbocycles. The van der Waals surface area contributed by atoms with Gasteiger partial charge in [0.15, 0.2) is 5.78 Å². The second-order valence-corrected chi connectivity index (χ2v) is 9.23. The first-order chi connectivity index (χ1) is 11.1. The average Bonchev–Trinajstić information content (AvgIpc) is 2.45. The van der Waals surface area contributed by atoms with Crippen LogP contribution in [0.25, 0.3) is 0 Å². The van der Waals surface area contributed by atoms with Gasteiger partial charge in [-0.1, -0.05) is 40.2 Å². The Hall–Kier alpha value is -0.920. The lowest BCUT2D eigenvalue weighted by Crippen LogP contribution is -2.54. The highest BCUT2D eigenvalue weighted by atomic mass is 16.1. The lowest BCUT2D eigenvalue weighted by molar-refractivity contribution is -0.140. The smallest absolute Gasteiger partial charge is 0.159 e. The van der Waals surface area contributed by atoms with E-state index in [0.29, 0.717) is 41.8 Å². The van der Waals surface area contributed by atoms with Gasteiger partial charge in [0.2, 0.25) is 0 Å². The van der Waals surface area contributed by atoms with E-state index in [-0.39, 0.29) is 17.1 Å². The first-order valence-corrected chi connectivity index (χ1v) is 9.82. The maximum atomic E-state index is 13.1. The minimum absolute atomic E-state index is 0.0554. The van der Waals surface area contributed by atoms with Crippen molar-refractivity contribution in [2.45, 2.75) is 74.1 Å². The number of allylic oxidation sites excluding steroid dienone is 2. The van der Waals surface area contributed by atoms with Gasteiger partial charge in [0.05, 0.1) is 0 Å². The normalized spacial score (nSPS) is 36.7. The molecule has 2 aliphatic carbocycles. The largest absolute Gasteiger partial charge is 0.300 e. The lowest BCUT2D eigenvalue weighted by Gasteiger charge is -2.57. The Morgan fingerprint density at radius 3 is 2.38 bits per heavy atom. The first-order valence-electron chi connectivity index (χ1n) is 9.82.